The van der Waals surface area contributed by atoms with Crippen molar-refractivity contribution in [2.24, 2.45) is 10.2 Å². The molecule has 0 aromatic heterocycles. The number of methoxy groups -OCH3 is 1. The van der Waals surface area contributed by atoms with Gasteiger partial charge in [-0.3, -0.25) is 14.5 Å². The van der Waals surface area contributed by atoms with E-state index in [0.717, 1.165) is 11.3 Å². The summed E-state index contributed by atoms with van der Waals surface area (Å²) in [7, 11) is 2.93. The lowest BCUT2D eigenvalue weighted by Gasteiger charge is -2.07. The number of hydrogen-bond acceptors (Lipinski definition) is 6. The third kappa shape index (κ3) is 3.73. The fourth-order valence-corrected chi connectivity index (χ4v) is 2.95. The van der Waals surface area contributed by atoms with Gasteiger partial charge >= 0.3 is 5.97 Å². The maximum Gasteiger partial charge on any atom is 0.307 e. The normalized spacial score (nSPS) is 20.6. The molecule has 116 valence electrons. The van der Waals surface area contributed by atoms with Gasteiger partial charge in [0.25, 0.3) is 0 Å². The number of benzene rings is 1. The number of ether oxygens (including phenoxy) is 1. The lowest BCUT2D eigenvalue weighted by Crippen LogP contribution is -2.29. The third-order valence-corrected chi connectivity index (χ3v) is 4.42. The Kier molecular flexibility index (Phi) is 5.32. The summed E-state index contributed by atoms with van der Waals surface area (Å²) in [6, 6.07) is 9.66. The Labute approximate surface area is 133 Å². The summed E-state index contributed by atoms with van der Waals surface area (Å²) in [5.74, 6) is -0.578. The molecule has 1 aromatic carbocycles. The van der Waals surface area contributed by atoms with Crippen LogP contribution in [0.25, 0.3) is 0 Å². The first-order chi connectivity index (χ1) is 10.5. The van der Waals surface area contributed by atoms with Gasteiger partial charge in [-0.15, -0.1) is 5.10 Å². The van der Waals surface area contributed by atoms with Crippen LogP contribution in [-0.4, -0.2) is 47.1 Å². The van der Waals surface area contributed by atoms with Crippen molar-refractivity contribution >= 4 is 34.5 Å². The highest BCUT2D eigenvalue weighted by Crippen LogP contribution is 2.28. The molecule has 1 atom stereocenters. The molecule has 6 nitrogen and oxygen atoms in total. The van der Waals surface area contributed by atoms with Crippen molar-refractivity contribution in [2.75, 3.05) is 14.2 Å². The monoisotopic (exact) mass is 319 g/mol. The number of esters is 1. The summed E-state index contributed by atoms with van der Waals surface area (Å²) in [6.07, 6.45) is 0.0325. The minimum Gasteiger partial charge on any atom is -0.469 e. The van der Waals surface area contributed by atoms with E-state index >= 15 is 0 Å². The molecule has 1 saturated heterocycles. The molecule has 1 aromatic rings. The molecule has 1 aliphatic rings. The van der Waals surface area contributed by atoms with E-state index in [-0.39, 0.29) is 12.3 Å². The second-order valence-corrected chi connectivity index (χ2v) is 5.89. The van der Waals surface area contributed by atoms with Crippen LogP contribution < -0.4 is 0 Å². The molecule has 1 fully saturated rings. The van der Waals surface area contributed by atoms with Crippen molar-refractivity contribution in [1.82, 2.24) is 4.90 Å². The zero-order chi connectivity index (χ0) is 16.1. The maximum atomic E-state index is 12.0. The smallest absolute Gasteiger partial charge is 0.307 e. The van der Waals surface area contributed by atoms with E-state index in [9.17, 15) is 9.59 Å². The maximum absolute atomic E-state index is 12.0. The van der Waals surface area contributed by atoms with Crippen molar-refractivity contribution in [1.29, 1.82) is 0 Å². The van der Waals surface area contributed by atoms with Gasteiger partial charge in [0.05, 0.1) is 19.2 Å². The molecule has 2 rings (SSSR count). The van der Waals surface area contributed by atoms with Crippen LogP contribution in [0.2, 0.25) is 0 Å². The molecule has 0 saturated carbocycles. The van der Waals surface area contributed by atoms with Crippen LogP contribution in [0, 0.1) is 0 Å². The largest absolute Gasteiger partial charge is 0.469 e. The lowest BCUT2D eigenvalue weighted by molar-refractivity contribution is -0.142. The Morgan fingerprint density at radius 2 is 2.05 bits per heavy atom. The van der Waals surface area contributed by atoms with Gasteiger partial charge in [-0.25, -0.2) is 0 Å². The average Bonchev–Trinajstić information content (AvgIpc) is 2.81. The highest BCUT2D eigenvalue weighted by Gasteiger charge is 2.37. The van der Waals surface area contributed by atoms with E-state index < -0.39 is 11.2 Å². The first kappa shape index (κ1) is 16.2. The van der Waals surface area contributed by atoms with Crippen molar-refractivity contribution in [3.05, 3.63) is 35.9 Å². The van der Waals surface area contributed by atoms with Crippen LogP contribution in [0.1, 0.15) is 18.9 Å². The Balaban J connectivity index is 2.12. The van der Waals surface area contributed by atoms with Crippen LogP contribution in [-0.2, 0) is 14.3 Å². The Bertz CT molecular complexity index is 628. The zero-order valence-electron chi connectivity index (χ0n) is 12.6. The number of amidine groups is 1. The van der Waals surface area contributed by atoms with E-state index in [4.69, 9.17) is 0 Å². The molecule has 1 heterocycles. The Hall–Kier alpha value is -2.15. The number of amides is 1. The lowest BCUT2D eigenvalue weighted by atomic mass is 10.1. The van der Waals surface area contributed by atoms with Gasteiger partial charge in [0.2, 0.25) is 5.91 Å². The number of hydrogen-bond donors (Lipinski definition) is 0. The summed E-state index contributed by atoms with van der Waals surface area (Å²) >= 11 is 1.23. The standard InChI is InChI=1S/C15H17N3O3S/c1-10(11-7-5-4-6-8-11)16-17-15-18(2)14(20)12(22-15)9-13(19)21-3/h4-8,12H,9H2,1-3H3/b16-10+,17-15-. The highest BCUT2D eigenvalue weighted by atomic mass is 32.2. The van der Waals surface area contributed by atoms with Crippen LogP contribution in [0.4, 0.5) is 0 Å². The molecule has 22 heavy (non-hydrogen) atoms. The van der Waals surface area contributed by atoms with E-state index in [1.807, 2.05) is 37.3 Å². The topological polar surface area (TPSA) is 71.3 Å². The fraction of sp³-hybridized carbons (Fsp3) is 0.333. The first-order valence-electron chi connectivity index (χ1n) is 6.71. The molecule has 0 radical (unpaired) electrons. The van der Waals surface area contributed by atoms with Crippen LogP contribution in [0.5, 0.6) is 0 Å². The predicted octanol–water partition coefficient (Wildman–Crippen LogP) is 1.90. The molecule has 0 spiro atoms. The molecule has 1 unspecified atom stereocenters. The van der Waals surface area contributed by atoms with Gasteiger partial charge in [0.1, 0.15) is 5.25 Å². The predicted molar refractivity (Wildman–Crippen MR) is 86.9 cm³/mol. The Morgan fingerprint density at radius 1 is 1.36 bits per heavy atom. The first-order valence-corrected chi connectivity index (χ1v) is 7.59. The van der Waals surface area contributed by atoms with Crippen molar-refractivity contribution in [2.45, 2.75) is 18.6 Å². The van der Waals surface area contributed by atoms with Crippen LogP contribution >= 0.6 is 11.8 Å². The van der Waals surface area contributed by atoms with Crippen molar-refractivity contribution < 1.29 is 14.3 Å². The van der Waals surface area contributed by atoms with E-state index in [1.54, 1.807) is 7.05 Å². The van der Waals surface area contributed by atoms with Gasteiger partial charge in [0, 0.05) is 7.05 Å². The molecule has 7 heteroatoms. The summed E-state index contributed by atoms with van der Waals surface area (Å²) < 4.78 is 4.60. The fourth-order valence-electron chi connectivity index (χ4n) is 1.88. The quantitative estimate of drug-likeness (QED) is 0.483. The minimum absolute atomic E-state index is 0.0325. The molecule has 1 aliphatic heterocycles. The van der Waals surface area contributed by atoms with Crippen molar-refractivity contribution in [3.8, 4) is 0 Å². The number of carbonyl (C=O) groups excluding carboxylic acids is 2. The summed E-state index contributed by atoms with van der Waals surface area (Å²) in [6.45, 7) is 1.85. The van der Waals surface area contributed by atoms with Gasteiger partial charge in [0.15, 0.2) is 5.17 Å². The molecule has 1 amide bonds. The number of carbonyl (C=O) groups is 2. The minimum atomic E-state index is -0.497. The zero-order valence-corrected chi connectivity index (χ0v) is 13.5. The Morgan fingerprint density at radius 3 is 2.68 bits per heavy atom. The van der Waals surface area contributed by atoms with Crippen LogP contribution in [0.3, 0.4) is 0 Å². The highest BCUT2D eigenvalue weighted by molar-refractivity contribution is 8.15. The van der Waals surface area contributed by atoms with Gasteiger partial charge in [-0.2, -0.15) is 5.10 Å². The molecule has 0 N–H and O–H groups in total. The van der Waals surface area contributed by atoms with E-state index in [1.165, 1.54) is 23.8 Å². The summed E-state index contributed by atoms with van der Waals surface area (Å²) in [5.41, 5.74) is 1.72. The van der Waals surface area contributed by atoms with Gasteiger partial charge in [-0.1, -0.05) is 42.1 Å². The number of thioether (sulfide) groups is 1. The SMILES string of the molecule is COC(=O)CC1S/C(=N\N=C(/C)c2ccccc2)N(C)C1=O. The second kappa shape index (κ2) is 7.22. The molecule has 0 aliphatic carbocycles. The third-order valence-electron chi connectivity index (χ3n) is 3.20. The molecular weight excluding hydrogens is 302 g/mol. The van der Waals surface area contributed by atoms with Crippen molar-refractivity contribution in [3.63, 3.8) is 0 Å². The molecular formula is C15H17N3O3S. The van der Waals surface area contributed by atoms with Gasteiger partial charge in [-0.05, 0) is 12.5 Å². The number of nitrogens with zero attached hydrogens (tertiary/aromatic N) is 3. The van der Waals surface area contributed by atoms with Crippen LogP contribution in [0.15, 0.2) is 40.5 Å². The van der Waals surface area contributed by atoms with E-state index in [2.05, 4.69) is 14.9 Å². The summed E-state index contributed by atoms with van der Waals surface area (Å²) in [5, 5.41) is 8.29. The molecule has 0 bridgehead atoms. The number of rotatable bonds is 4. The summed E-state index contributed by atoms with van der Waals surface area (Å²) in [4.78, 5) is 24.8. The van der Waals surface area contributed by atoms with E-state index in [0.29, 0.717) is 5.17 Å². The average molecular weight is 319 g/mol. The second-order valence-electron chi connectivity index (χ2n) is 4.72. The van der Waals surface area contributed by atoms with Gasteiger partial charge < -0.3 is 4.74 Å².